The molecule has 6 heterocycles. The van der Waals surface area contributed by atoms with Crippen molar-refractivity contribution >= 4 is 65.4 Å². The topological polar surface area (TPSA) is 66.3 Å². The van der Waals surface area contributed by atoms with E-state index in [-0.39, 0.29) is 33.1 Å². The van der Waals surface area contributed by atoms with Crippen LogP contribution in [0.5, 0.6) is 0 Å². The van der Waals surface area contributed by atoms with Crippen LogP contribution in [0.25, 0.3) is 105 Å². The van der Waals surface area contributed by atoms with Crippen LogP contribution in [0.1, 0.15) is 19.2 Å². The molecule has 0 saturated carbocycles. The number of hydrogen-bond donors (Lipinski definition) is 0. The van der Waals surface area contributed by atoms with E-state index >= 15 is 0 Å². The zero-order valence-electron chi connectivity index (χ0n) is 43.4. The van der Waals surface area contributed by atoms with E-state index < -0.39 is 102 Å². The van der Waals surface area contributed by atoms with Crippen molar-refractivity contribution < 1.29 is 19.2 Å². The fourth-order valence-electron chi connectivity index (χ4n) is 8.00. The fraction of sp³-hybridized carbons (Fsp3) is 0. The van der Waals surface area contributed by atoms with E-state index in [1.165, 1.54) is 0 Å². The highest BCUT2D eigenvalue weighted by atomic mass is 15.2. The molecule has 0 amide bonds. The quantitative estimate of drug-likeness (QED) is 0.176. The molecule has 0 radical (unpaired) electrons. The minimum Gasteiger partial charge on any atom is -0.306 e. The van der Waals surface area contributed by atoms with Crippen LogP contribution >= 0.6 is 0 Å². The summed E-state index contributed by atoms with van der Waals surface area (Å²) in [5.41, 5.74) is 2.38. The average molecular weight is 744 g/mol. The van der Waals surface area contributed by atoms with Crippen molar-refractivity contribution in [1.29, 1.82) is 0 Å². The van der Waals surface area contributed by atoms with E-state index in [0.29, 0.717) is 16.9 Å². The molecule has 7 nitrogen and oxygen atoms in total. The second-order valence-corrected chi connectivity index (χ2v) is 13.3. The highest BCUT2D eigenvalue weighted by Gasteiger charge is 2.24. The Kier molecular flexibility index (Phi) is 4.47. The summed E-state index contributed by atoms with van der Waals surface area (Å²) in [6.45, 7) is 0. The maximum absolute atomic E-state index is 10.1. The predicted octanol–water partition coefficient (Wildman–Crippen LogP) is 11.9. The van der Waals surface area contributed by atoms with Gasteiger partial charge in [0.2, 0.25) is 5.95 Å². The Morgan fingerprint density at radius 3 is 1.67 bits per heavy atom. The third kappa shape index (κ3) is 4.66. The van der Waals surface area contributed by atoms with Gasteiger partial charge in [0.15, 0.2) is 0 Å². The van der Waals surface area contributed by atoms with Crippen LogP contribution in [0, 0.1) is 0 Å². The molecule has 6 aromatic carbocycles. The molecule has 0 atom stereocenters. The smallest absolute Gasteiger partial charge is 0.235 e. The van der Waals surface area contributed by atoms with E-state index in [1.807, 2.05) is 75.9 Å². The van der Waals surface area contributed by atoms with Gasteiger partial charge in [-0.25, -0.2) is 9.97 Å². The second-order valence-electron chi connectivity index (χ2n) is 13.3. The van der Waals surface area contributed by atoms with E-state index in [1.54, 1.807) is 36.9 Å². The highest BCUT2D eigenvalue weighted by molar-refractivity contribution is 6.12. The lowest BCUT2D eigenvalue weighted by molar-refractivity contribution is 0.993. The van der Waals surface area contributed by atoms with Crippen molar-refractivity contribution in [3.63, 3.8) is 0 Å². The van der Waals surface area contributed by atoms with Gasteiger partial charge in [-0.3, -0.25) is 14.5 Å². The van der Waals surface area contributed by atoms with Gasteiger partial charge in [0.05, 0.1) is 87.4 Å². The fourth-order valence-corrected chi connectivity index (χ4v) is 8.00. The molecule has 12 aromatic rings. The zero-order valence-corrected chi connectivity index (χ0v) is 29.4. The molecule has 0 N–H and O–H groups in total. The molecule has 0 fully saturated rings. The summed E-state index contributed by atoms with van der Waals surface area (Å²) in [5, 5.41) is 2.98. The van der Waals surface area contributed by atoms with Crippen molar-refractivity contribution in [3.8, 4) is 39.8 Å². The standard InChI is InChI=1S/C50H31N7/c1-2-13-32(14-3-1)40-29-41(54-50(53-40)57-44-22-10-6-15-33(44)34-16-7-11-23-45(34)57)39-19-12-24-46(55-42-20-8-4-17-35(42)37-25-27-51-30-47(37)55)49(39)56-43-21-9-5-18-36(43)38-26-28-52-31-48(38)56/h1-31H/i1D,2D,3D,6D,7D,10D,11D,13D,14D,15D,16D,22D,23D,29D. The molecule has 0 aliphatic rings. The van der Waals surface area contributed by atoms with Gasteiger partial charge in [0, 0.05) is 55.8 Å². The minimum absolute atomic E-state index is 0.181. The molecule has 7 heteroatoms. The zero-order chi connectivity index (χ0) is 49.6. The van der Waals surface area contributed by atoms with E-state index in [9.17, 15) is 4.11 Å². The summed E-state index contributed by atoms with van der Waals surface area (Å²) in [6, 6.07) is 15.5. The number of rotatable bonds is 5. The monoisotopic (exact) mass is 743 g/mol. The lowest BCUT2D eigenvalue weighted by atomic mass is 10.0. The van der Waals surface area contributed by atoms with Gasteiger partial charge in [0.25, 0.3) is 0 Å². The molecule has 0 bridgehead atoms. The largest absolute Gasteiger partial charge is 0.306 e. The van der Waals surface area contributed by atoms with Crippen molar-refractivity contribution in [1.82, 2.24) is 33.6 Å². The van der Waals surface area contributed by atoms with Gasteiger partial charge in [-0.1, -0.05) is 115 Å². The normalized spacial score (nSPS) is 15.3. The number of pyridine rings is 2. The molecule has 57 heavy (non-hydrogen) atoms. The number of para-hydroxylation sites is 5. The maximum Gasteiger partial charge on any atom is 0.235 e. The molecule has 0 spiro atoms. The maximum atomic E-state index is 10.1. The Morgan fingerprint density at radius 1 is 0.421 bits per heavy atom. The lowest BCUT2D eigenvalue weighted by Crippen LogP contribution is -2.08. The molecular formula is C50H31N7. The third-order valence-electron chi connectivity index (χ3n) is 10.3. The summed E-state index contributed by atoms with van der Waals surface area (Å²) >= 11 is 0. The number of hydrogen-bond acceptors (Lipinski definition) is 4. The predicted molar refractivity (Wildman–Crippen MR) is 232 cm³/mol. The third-order valence-corrected chi connectivity index (χ3v) is 10.3. The number of benzene rings is 6. The molecule has 12 rings (SSSR count). The minimum atomic E-state index is -0.720. The summed E-state index contributed by atoms with van der Waals surface area (Å²) in [7, 11) is 0. The Labute approximate surface area is 346 Å². The van der Waals surface area contributed by atoms with Crippen molar-refractivity contribution in [2.24, 2.45) is 0 Å². The molecule has 0 aliphatic carbocycles. The van der Waals surface area contributed by atoms with E-state index in [0.717, 1.165) is 42.7 Å². The molecule has 0 unspecified atom stereocenters. The van der Waals surface area contributed by atoms with Crippen LogP contribution in [-0.2, 0) is 0 Å². The summed E-state index contributed by atoms with van der Waals surface area (Å²) < 4.78 is 131. The average Bonchev–Trinajstić information content (AvgIpc) is 4.04. The number of nitrogens with zero attached hydrogens (tertiary/aromatic N) is 7. The van der Waals surface area contributed by atoms with Crippen LogP contribution in [0.4, 0.5) is 0 Å². The Morgan fingerprint density at radius 2 is 0.982 bits per heavy atom. The molecular weight excluding hydrogens is 699 g/mol. The summed E-state index contributed by atoms with van der Waals surface area (Å²) in [5.74, 6) is -0.492. The van der Waals surface area contributed by atoms with E-state index in [2.05, 4.69) is 9.97 Å². The van der Waals surface area contributed by atoms with Crippen molar-refractivity contribution in [3.05, 3.63) is 188 Å². The van der Waals surface area contributed by atoms with Crippen LogP contribution in [-0.4, -0.2) is 33.6 Å². The van der Waals surface area contributed by atoms with Gasteiger partial charge >= 0.3 is 0 Å². The van der Waals surface area contributed by atoms with Crippen LogP contribution in [0.2, 0.25) is 0 Å². The first-order valence-electron chi connectivity index (χ1n) is 24.9. The van der Waals surface area contributed by atoms with E-state index in [4.69, 9.17) is 25.0 Å². The molecule has 6 aromatic heterocycles. The Balaban J connectivity index is 1.33. The first-order chi connectivity index (χ1) is 34.1. The van der Waals surface area contributed by atoms with Crippen LogP contribution in [0.3, 0.4) is 0 Å². The Hall–Kier alpha value is -7.90. The Bertz CT molecular complexity index is 4160. The summed E-state index contributed by atoms with van der Waals surface area (Å²) in [6.07, 6.45) is 6.86. The lowest BCUT2D eigenvalue weighted by Gasteiger charge is -2.21. The van der Waals surface area contributed by atoms with Gasteiger partial charge in [-0.2, -0.15) is 0 Å². The number of aromatic nitrogens is 7. The first-order valence-corrected chi connectivity index (χ1v) is 17.9. The number of fused-ring (bicyclic) bond motifs is 9. The van der Waals surface area contributed by atoms with Gasteiger partial charge < -0.3 is 9.13 Å². The first kappa shape index (κ1) is 20.7. The SMILES string of the molecule is [2H]c1c(-c2cccc(-n3c4ccccc4c4ccncc43)c2-n2c3ccccc3c3ccncc32)nc(-n2c3c([2H])c([2H])c([2H])c([2H])c3c3c([2H])c([2H])c([2H])c([2H])c32)nc1-c1c([2H])c([2H])c([2H])c([2H])c1[2H]. The molecule has 0 saturated heterocycles. The highest BCUT2D eigenvalue weighted by Crippen LogP contribution is 2.42. The van der Waals surface area contributed by atoms with Crippen LogP contribution < -0.4 is 0 Å². The van der Waals surface area contributed by atoms with Gasteiger partial charge in [-0.15, -0.1) is 0 Å². The van der Waals surface area contributed by atoms with Gasteiger partial charge in [-0.05, 0) is 48.5 Å². The van der Waals surface area contributed by atoms with Crippen LogP contribution in [0.15, 0.2) is 188 Å². The molecule has 266 valence electrons. The molecule has 0 aliphatic heterocycles. The second kappa shape index (κ2) is 12.3. The van der Waals surface area contributed by atoms with Crippen molar-refractivity contribution in [2.45, 2.75) is 0 Å². The van der Waals surface area contributed by atoms with Crippen molar-refractivity contribution in [2.75, 3.05) is 0 Å². The summed E-state index contributed by atoms with van der Waals surface area (Å²) in [4.78, 5) is 18.9. The van der Waals surface area contributed by atoms with Gasteiger partial charge in [0.1, 0.15) is 0 Å².